The van der Waals surface area contributed by atoms with Crippen LogP contribution in [0.4, 0.5) is 9.18 Å². The molecule has 0 saturated heterocycles. The van der Waals surface area contributed by atoms with Crippen LogP contribution in [0.25, 0.3) is 0 Å². The number of carbonyl (C=O) groups excluding carboxylic acids is 1. The average Bonchev–Trinajstić information content (AvgIpc) is 2.41. The Morgan fingerprint density at radius 3 is 2.43 bits per heavy atom. The Morgan fingerprint density at radius 1 is 1.24 bits per heavy atom. The van der Waals surface area contributed by atoms with E-state index in [1.54, 1.807) is 20.8 Å². The molecular weight excluding hydrogens is 287 g/mol. The molecule has 0 atom stereocenters. The summed E-state index contributed by atoms with van der Waals surface area (Å²) in [5.74, 6) is 0.930. The Morgan fingerprint density at radius 2 is 1.90 bits per heavy atom. The molecule has 0 spiro atoms. The molecule has 0 aromatic heterocycles. The lowest BCUT2D eigenvalue weighted by molar-refractivity contribution is -0.432. The lowest BCUT2D eigenvalue weighted by Gasteiger charge is -2.18. The first-order chi connectivity index (χ1) is 9.99. The Hall–Kier alpha value is -2.22. The molecule has 0 bridgehead atoms. The summed E-state index contributed by atoms with van der Waals surface area (Å²) in [6.45, 7) is 5.73. The fourth-order valence-corrected chi connectivity index (χ4v) is 1.46. The van der Waals surface area contributed by atoms with Gasteiger partial charge in [-0.15, -0.1) is 4.39 Å². The number of benzene rings is 1. The standard InChI is InChI=1S/C13H17FO7/c1-5-17-11-9(16-4)6-7-10(12(11)18-8(2)3)19-21-20-13(14)15/h6-8H,5H2,1-4H3. The van der Waals surface area contributed by atoms with Crippen LogP contribution in [0, 0.1) is 0 Å². The van der Waals surface area contributed by atoms with E-state index in [1.807, 2.05) is 0 Å². The molecule has 0 aliphatic heterocycles. The smallest absolute Gasteiger partial charge is 0.493 e. The summed E-state index contributed by atoms with van der Waals surface area (Å²) in [7, 11) is 1.47. The number of hydrogen-bond donors (Lipinski definition) is 0. The first kappa shape index (κ1) is 16.8. The number of halogens is 1. The monoisotopic (exact) mass is 304 g/mol. The van der Waals surface area contributed by atoms with Crippen molar-refractivity contribution in [1.82, 2.24) is 0 Å². The van der Waals surface area contributed by atoms with Gasteiger partial charge in [-0.2, -0.15) is 0 Å². The molecule has 8 heteroatoms. The maximum absolute atomic E-state index is 11.9. The average molecular weight is 304 g/mol. The summed E-state index contributed by atoms with van der Waals surface area (Å²) in [5.41, 5.74) is 0. The summed E-state index contributed by atoms with van der Waals surface area (Å²) < 4.78 is 28.1. The molecule has 0 N–H and O–H groups in total. The van der Waals surface area contributed by atoms with Gasteiger partial charge in [0.1, 0.15) is 0 Å². The van der Waals surface area contributed by atoms with E-state index in [1.165, 1.54) is 19.2 Å². The Labute approximate surface area is 121 Å². The minimum atomic E-state index is -2.14. The van der Waals surface area contributed by atoms with Crippen molar-refractivity contribution in [3.8, 4) is 23.0 Å². The molecule has 0 aliphatic rings. The molecule has 21 heavy (non-hydrogen) atoms. The van der Waals surface area contributed by atoms with Crippen LogP contribution in [0.15, 0.2) is 12.1 Å². The van der Waals surface area contributed by atoms with E-state index in [4.69, 9.17) is 19.1 Å². The molecule has 0 amide bonds. The van der Waals surface area contributed by atoms with Gasteiger partial charge in [-0.25, -0.2) is 9.68 Å². The van der Waals surface area contributed by atoms with E-state index >= 15 is 0 Å². The lowest BCUT2D eigenvalue weighted by atomic mass is 10.2. The normalized spacial score (nSPS) is 10.2. The Kier molecular flexibility index (Phi) is 6.54. The molecule has 1 aromatic rings. The number of hydrogen-bond acceptors (Lipinski definition) is 7. The lowest BCUT2D eigenvalue weighted by Crippen LogP contribution is -2.10. The zero-order chi connectivity index (χ0) is 15.8. The SMILES string of the molecule is CCOc1c(OC)ccc(OOOC(=O)F)c1OC(C)C. The highest BCUT2D eigenvalue weighted by molar-refractivity contribution is 5.59. The second-order valence-electron chi connectivity index (χ2n) is 4.00. The quantitative estimate of drug-likeness (QED) is 0.415. The van der Waals surface area contributed by atoms with E-state index in [9.17, 15) is 9.18 Å². The first-order valence-electron chi connectivity index (χ1n) is 6.20. The third kappa shape index (κ3) is 4.99. The highest BCUT2D eigenvalue weighted by atomic mass is 19.1. The Bertz CT molecular complexity index is 476. The van der Waals surface area contributed by atoms with Crippen LogP contribution in [-0.2, 0) is 9.93 Å². The van der Waals surface area contributed by atoms with Crippen LogP contribution in [-0.4, -0.2) is 26.0 Å². The van der Waals surface area contributed by atoms with Gasteiger partial charge in [0.15, 0.2) is 5.75 Å². The minimum absolute atomic E-state index is 0.0363. The minimum Gasteiger partial charge on any atom is -0.493 e. The van der Waals surface area contributed by atoms with Gasteiger partial charge in [0.2, 0.25) is 17.2 Å². The van der Waals surface area contributed by atoms with Crippen molar-refractivity contribution in [2.24, 2.45) is 0 Å². The van der Waals surface area contributed by atoms with Crippen LogP contribution in [0.5, 0.6) is 23.0 Å². The molecule has 0 heterocycles. The third-order valence-electron chi connectivity index (χ3n) is 2.13. The fraction of sp³-hybridized carbons (Fsp3) is 0.462. The van der Waals surface area contributed by atoms with Crippen molar-refractivity contribution in [2.75, 3.05) is 13.7 Å². The summed E-state index contributed by atoms with van der Waals surface area (Å²) in [5, 5.41) is 4.01. The van der Waals surface area contributed by atoms with Crippen LogP contribution in [0.3, 0.4) is 0 Å². The molecule has 0 fully saturated rings. The summed E-state index contributed by atoms with van der Waals surface area (Å²) in [6, 6.07) is 2.97. The van der Waals surface area contributed by atoms with Crippen molar-refractivity contribution >= 4 is 6.22 Å². The number of rotatable bonds is 8. The van der Waals surface area contributed by atoms with E-state index in [-0.39, 0.29) is 17.6 Å². The largest absolute Gasteiger partial charge is 0.530 e. The molecule has 118 valence electrons. The molecule has 0 radical (unpaired) electrons. The van der Waals surface area contributed by atoms with E-state index in [0.29, 0.717) is 18.1 Å². The second-order valence-corrected chi connectivity index (χ2v) is 4.00. The van der Waals surface area contributed by atoms with Gasteiger partial charge in [-0.3, -0.25) is 4.89 Å². The number of carbonyl (C=O) groups is 1. The molecule has 0 unspecified atom stereocenters. The predicted octanol–water partition coefficient (Wildman–Crippen LogP) is 3.21. The van der Waals surface area contributed by atoms with Crippen molar-refractivity contribution in [2.45, 2.75) is 26.9 Å². The van der Waals surface area contributed by atoms with E-state index in [0.717, 1.165) is 0 Å². The molecule has 1 rings (SSSR count). The van der Waals surface area contributed by atoms with Crippen molar-refractivity contribution < 1.29 is 38.2 Å². The van der Waals surface area contributed by atoms with Crippen LogP contribution >= 0.6 is 0 Å². The zero-order valence-corrected chi connectivity index (χ0v) is 12.2. The summed E-state index contributed by atoms with van der Waals surface area (Å²) in [4.78, 5) is 18.3. The fourth-order valence-electron chi connectivity index (χ4n) is 1.46. The number of methoxy groups -OCH3 is 1. The van der Waals surface area contributed by atoms with Gasteiger partial charge < -0.3 is 14.2 Å². The topological polar surface area (TPSA) is 72.5 Å². The maximum atomic E-state index is 11.9. The molecule has 0 aliphatic carbocycles. The predicted molar refractivity (Wildman–Crippen MR) is 69.2 cm³/mol. The van der Waals surface area contributed by atoms with Gasteiger partial charge in [0.25, 0.3) is 0 Å². The maximum Gasteiger partial charge on any atom is 0.530 e. The van der Waals surface area contributed by atoms with Crippen molar-refractivity contribution in [3.63, 3.8) is 0 Å². The zero-order valence-electron chi connectivity index (χ0n) is 12.2. The van der Waals surface area contributed by atoms with Crippen molar-refractivity contribution in [3.05, 3.63) is 12.1 Å². The highest BCUT2D eigenvalue weighted by Gasteiger charge is 2.21. The van der Waals surface area contributed by atoms with Crippen LogP contribution in [0.1, 0.15) is 20.8 Å². The second kappa shape index (κ2) is 8.15. The van der Waals surface area contributed by atoms with E-state index < -0.39 is 6.22 Å². The van der Waals surface area contributed by atoms with Crippen LogP contribution in [0.2, 0.25) is 0 Å². The van der Waals surface area contributed by atoms with Crippen LogP contribution < -0.4 is 19.1 Å². The highest BCUT2D eigenvalue weighted by Crippen LogP contribution is 2.45. The van der Waals surface area contributed by atoms with Crippen molar-refractivity contribution in [1.29, 1.82) is 0 Å². The van der Waals surface area contributed by atoms with Gasteiger partial charge in [0, 0.05) is 5.04 Å². The van der Waals surface area contributed by atoms with Gasteiger partial charge in [0.05, 0.1) is 19.8 Å². The third-order valence-corrected chi connectivity index (χ3v) is 2.13. The Balaban J connectivity index is 3.09. The molecule has 0 saturated carbocycles. The van der Waals surface area contributed by atoms with Gasteiger partial charge in [-0.05, 0) is 32.9 Å². The first-order valence-corrected chi connectivity index (χ1v) is 6.20. The number of ether oxygens (including phenoxy) is 3. The molecule has 1 aromatic carbocycles. The molecule has 7 nitrogen and oxygen atoms in total. The van der Waals surface area contributed by atoms with Gasteiger partial charge >= 0.3 is 6.22 Å². The summed E-state index contributed by atoms with van der Waals surface area (Å²) >= 11 is 0. The summed E-state index contributed by atoms with van der Waals surface area (Å²) in [6.07, 6.45) is -2.35. The molecular formula is C13H17FO7. The van der Waals surface area contributed by atoms with E-state index in [2.05, 4.69) is 9.93 Å². The van der Waals surface area contributed by atoms with Gasteiger partial charge in [-0.1, -0.05) is 0 Å².